The highest BCUT2D eigenvalue weighted by molar-refractivity contribution is 5.90. The fourth-order valence-electron chi connectivity index (χ4n) is 2.65. The quantitative estimate of drug-likeness (QED) is 0.432. The number of ether oxygens (including phenoxy) is 2. The molecule has 0 aliphatic carbocycles. The van der Waals surface area contributed by atoms with Gasteiger partial charge < -0.3 is 9.47 Å². The molecule has 0 aliphatic heterocycles. The molecule has 0 aliphatic rings. The lowest BCUT2D eigenvalue weighted by Gasteiger charge is -2.11. The number of methoxy groups -OCH3 is 1. The monoisotopic (exact) mass is 359 g/mol. The third-order valence-corrected chi connectivity index (χ3v) is 4.02. The largest absolute Gasteiger partial charge is 0.493 e. The van der Waals surface area contributed by atoms with Crippen molar-refractivity contribution in [3.63, 3.8) is 0 Å². The van der Waals surface area contributed by atoms with Gasteiger partial charge in [0.2, 0.25) is 0 Å². The van der Waals surface area contributed by atoms with Crippen molar-refractivity contribution in [1.82, 2.24) is 0 Å². The second-order valence-electron chi connectivity index (χ2n) is 5.83. The number of hydrogen-bond donors (Lipinski definition) is 0. The van der Waals surface area contributed by atoms with E-state index in [1.165, 1.54) is 6.07 Å². The van der Waals surface area contributed by atoms with Crippen molar-refractivity contribution in [3.05, 3.63) is 95.3 Å². The molecule has 0 N–H and O–H groups in total. The standard InChI is InChI=1S/C23H18FNO2/c1-26-23-14-18(13-19(15-25)20-9-5-6-10-21(20)24)11-12-22(23)27-16-17-7-3-2-4-8-17/h2-14H,16H2,1H3/b19-13-. The van der Waals surface area contributed by atoms with Gasteiger partial charge in [0.25, 0.3) is 0 Å². The van der Waals surface area contributed by atoms with E-state index in [1.807, 2.05) is 30.3 Å². The summed E-state index contributed by atoms with van der Waals surface area (Å²) in [5.41, 5.74) is 2.28. The molecule has 4 heteroatoms. The molecule has 27 heavy (non-hydrogen) atoms. The van der Waals surface area contributed by atoms with Gasteiger partial charge in [-0.25, -0.2) is 4.39 Å². The molecule has 0 unspecified atom stereocenters. The van der Waals surface area contributed by atoms with Crippen LogP contribution >= 0.6 is 0 Å². The molecule has 0 radical (unpaired) electrons. The molecule has 3 rings (SSSR count). The van der Waals surface area contributed by atoms with Crippen LogP contribution in [0.4, 0.5) is 4.39 Å². The number of rotatable bonds is 6. The second-order valence-corrected chi connectivity index (χ2v) is 5.83. The summed E-state index contributed by atoms with van der Waals surface area (Å²) in [6, 6.07) is 23.4. The molecule has 0 saturated carbocycles. The molecule has 3 aromatic rings. The highest BCUT2D eigenvalue weighted by Gasteiger charge is 2.09. The van der Waals surface area contributed by atoms with Crippen LogP contribution in [0.25, 0.3) is 11.6 Å². The lowest BCUT2D eigenvalue weighted by Crippen LogP contribution is -1.97. The number of hydrogen-bond acceptors (Lipinski definition) is 3. The molecule has 0 saturated heterocycles. The molecule has 0 aromatic heterocycles. The molecule has 0 amide bonds. The highest BCUT2D eigenvalue weighted by Crippen LogP contribution is 2.30. The van der Waals surface area contributed by atoms with E-state index in [0.717, 1.165) is 11.1 Å². The first kappa shape index (κ1) is 18.2. The van der Waals surface area contributed by atoms with Gasteiger partial charge in [-0.1, -0.05) is 54.6 Å². The Labute approximate surface area is 157 Å². The summed E-state index contributed by atoms with van der Waals surface area (Å²) < 4.78 is 25.2. The molecule has 0 atom stereocenters. The summed E-state index contributed by atoms with van der Waals surface area (Å²) >= 11 is 0. The van der Waals surface area contributed by atoms with E-state index < -0.39 is 5.82 Å². The fourth-order valence-corrected chi connectivity index (χ4v) is 2.65. The highest BCUT2D eigenvalue weighted by atomic mass is 19.1. The first-order chi connectivity index (χ1) is 13.2. The van der Waals surface area contributed by atoms with Crippen molar-refractivity contribution in [2.24, 2.45) is 0 Å². The van der Waals surface area contributed by atoms with Gasteiger partial charge in [-0.05, 0) is 35.4 Å². The van der Waals surface area contributed by atoms with Crippen LogP contribution in [0, 0.1) is 17.1 Å². The number of nitriles is 1. The lowest BCUT2D eigenvalue weighted by molar-refractivity contribution is 0.284. The van der Waals surface area contributed by atoms with Crippen molar-refractivity contribution >= 4 is 11.6 Å². The summed E-state index contributed by atoms with van der Waals surface area (Å²) in [5, 5.41) is 9.42. The van der Waals surface area contributed by atoms with Crippen LogP contribution in [0.3, 0.4) is 0 Å². The molecule has 0 bridgehead atoms. The number of benzene rings is 3. The molecule has 0 spiro atoms. The minimum absolute atomic E-state index is 0.244. The zero-order valence-corrected chi connectivity index (χ0v) is 14.9. The molecule has 0 fully saturated rings. The van der Waals surface area contributed by atoms with Crippen LogP contribution in [0.1, 0.15) is 16.7 Å². The summed E-state index contributed by atoms with van der Waals surface area (Å²) in [6.45, 7) is 0.422. The third kappa shape index (κ3) is 4.53. The molecular weight excluding hydrogens is 341 g/mol. The Bertz CT molecular complexity index is 991. The third-order valence-electron chi connectivity index (χ3n) is 4.02. The van der Waals surface area contributed by atoms with Gasteiger partial charge in [-0.2, -0.15) is 5.26 Å². The maximum absolute atomic E-state index is 14.0. The van der Waals surface area contributed by atoms with E-state index in [1.54, 1.807) is 49.6 Å². The number of halogens is 1. The van der Waals surface area contributed by atoms with E-state index in [-0.39, 0.29) is 11.1 Å². The average Bonchev–Trinajstić information content (AvgIpc) is 2.72. The summed E-state index contributed by atoms with van der Waals surface area (Å²) in [4.78, 5) is 0. The molecule has 3 aromatic carbocycles. The van der Waals surface area contributed by atoms with E-state index in [0.29, 0.717) is 18.1 Å². The van der Waals surface area contributed by atoms with Crippen LogP contribution in [-0.2, 0) is 6.61 Å². The van der Waals surface area contributed by atoms with Crippen LogP contribution in [0.2, 0.25) is 0 Å². The Morgan fingerprint density at radius 1 is 1.00 bits per heavy atom. The minimum Gasteiger partial charge on any atom is -0.493 e. The van der Waals surface area contributed by atoms with Crippen molar-refractivity contribution in [1.29, 1.82) is 5.26 Å². The normalized spacial score (nSPS) is 10.9. The van der Waals surface area contributed by atoms with Crippen LogP contribution in [0.15, 0.2) is 72.8 Å². The van der Waals surface area contributed by atoms with Gasteiger partial charge in [0.05, 0.1) is 18.8 Å². The lowest BCUT2D eigenvalue weighted by atomic mass is 10.0. The van der Waals surface area contributed by atoms with E-state index in [2.05, 4.69) is 6.07 Å². The Hall–Kier alpha value is -3.58. The molecule has 3 nitrogen and oxygen atoms in total. The minimum atomic E-state index is -0.430. The van der Waals surface area contributed by atoms with Gasteiger partial charge in [-0.3, -0.25) is 0 Å². The number of nitrogens with zero attached hydrogens (tertiary/aromatic N) is 1. The Balaban J connectivity index is 1.85. The Morgan fingerprint density at radius 2 is 1.74 bits per heavy atom. The average molecular weight is 359 g/mol. The van der Waals surface area contributed by atoms with Gasteiger partial charge in [0.15, 0.2) is 11.5 Å². The Morgan fingerprint density at radius 3 is 2.44 bits per heavy atom. The van der Waals surface area contributed by atoms with Crippen LogP contribution in [-0.4, -0.2) is 7.11 Å². The van der Waals surface area contributed by atoms with E-state index in [9.17, 15) is 9.65 Å². The van der Waals surface area contributed by atoms with Crippen molar-refractivity contribution in [2.75, 3.05) is 7.11 Å². The van der Waals surface area contributed by atoms with Gasteiger partial charge in [0.1, 0.15) is 12.4 Å². The zero-order valence-electron chi connectivity index (χ0n) is 14.9. The van der Waals surface area contributed by atoms with E-state index in [4.69, 9.17) is 9.47 Å². The van der Waals surface area contributed by atoms with E-state index >= 15 is 0 Å². The second kappa shape index (κ2) is 8.68. The van der Waals surface area contributed by atoms with Gasteiger partial charge >= 0.3 is 0 Å². The smallest absolute Gasteiger partial charge is 0.161 e. The van der Waals surface area contributed by atoms with Gasteiger partial charge in [-0.15, -0.1) is 0 Å². The fraction of sp³-hybridized carbons (Fsp3) is 0.0870. The first-order valence-corrected chi connectivity index (χ1v) is 8.42. The Kier molecular flexibility index (Phi) is 5.86. The maximum atomic E-state index is 14.0. The topological polar surface area (TPSA) is 42.2 Å². The summed E-state index contributed by atoms with van der Waals surface area (Å²) in [6.07, 6.45) is 1.63. The maximum Gasteiger partial charge on any atom is 0.161 e. The van der Waals surface area contributed by atoms with Crippen LogP contribution in [0.5, 0.6) is 11.5 Å². The van der Waals surface area contributed by atoms with Gasteiger partial charge in [0, 0.05) is 5.56 Å². The predicted octanol–water partition coefficient (Wildman–Crippen LogP) is 5.48. The molecule has 0 heterocycles. The van der Waals surface area contributed by atoms with Crippen molar-refractivity contribution in [2.45, 2.75) is 6.61 Å². The van der Waals surface area contributed by atoms with Crippen molar-refractivity contribution in [3.8, 4) is 17.6 Å². The number of allylic oxidation sites excluding steroid dienone is 1. The van der Waals surface area contributed by atoms with Crippen LogP contribution < -0.4 is 9.47 Å². The molecule has 134 valence electrons. The zero-order chi connectivity index (χ0) is 19.1. The molecular formula is C23H18FNO2. The van der Waals surface area contributed by atoms with Crippen molar-refractivity contribution < 1.29 is 13.9 Å². The summed E-state index contributed by atoms with van der Waals surface area (Å²) in [7, 11) is 1.56. The first-order valence-electron chi connectivity index (χ1n) is 8.42. The summed E-state index contributed by atoms with van der Waals surface area (Å²) in [5.74, 6) is 0.716. The SMILES string of the molecule is COc1cc(/C=C(/C#N)c2ccccc2F)ccc1OCc1ccccc1. The predicted molar refractivity (Wildman–Crippen MR) is 104 cm³/mol.